The van der Waals surface area contributed by atoms with Crippen molar-refractivity contribution in [2.75, 3.05) is 28.8 Å². The number of nitrogens with one attached hydrogen (secondary N) is 1. The molecule has 0 atom stereocenters. The van der Waals surface area contributed by atoms with Gasteiger partial charge < -0.3 is 11.1 Å². The highest BCUT2D eigenvalue weighted by atomic mass is 35.5. The van der Waals surface area contributed by atoms with Crippen LogP contribution >= 0.6 is 23.4 Å². The maximum absolute atomic E-state index is 11.6. The van der Waals surface area contributed by atoms with Gasteiger partial charge in [-0.1, -0.05) is 42.4 Å². The molecule has 0 saturated heterocycles. The lowest BCUT2D eigenvalue weighted by Gasteiger charge is -2.21. The molecule has 1 heterocycles. The van der Waals surface area contributed by atoms with Crippen molar-refractivity contribution in [1.82, 2.24) is 9.97 Å². The molecule has 0 unspecified atom stereocenters. The Labute approximate surface area is 144 Å². The molecule has 0 radical (unpaired) electrons. The van der Waals surface area contributed by atoms with Gasteiger partial charge in [-0.25, -0.2) is 9.97 Å². The number of nitrogens with zero attached hydrogens (tertiary/aromatic N) is 3. The summed E-state index contributed by atoms with van der Waals surface area (Å²) >= 11 is 7.36. The second-order valence-corrected chi connectivity index (χ2v) is 6.30. The number of anilines is 3. The molecule has 0 fully saturated rings. The van der Waals surface area contributed by atoms with Gasteiger partial charge in [0.2, 0.25) is 6.41 Å². The van der Waals surface area contributed by atoms with Crippen LogP contribution in [0.25, 0.3) is 0 Å². The van der Waals surface area contributed by atoms with Gasteiger partial charge in [0.05, 0.1) is 6.54 Å². The van der Waals surface area contributed by atoms with E-state index in [1.54, 1.807) is 19.2 Å². The summed E-state index contributed by atoms with van der Waals surface area (Å²) < 4.78 is 0. The van der Waals surface area contributed by atoms with E-state index in [-0.39, 0.29) is 0 Å². The molecule has 0 aliphatic heterocycles. The Hall–Kier alpha value is -1.99. The monoisotopic (exact) mass is 351 g/mol. The van der Waals surface area contributed by atoms with Gasteiger partial charge in [0, 0.05) is 12.1 Å². The van der Waals surface area contributed by atoms with E-state index in [2.05, 4.69) is 15.3 Å². The molecule has 2 rings (SSSR count). The Kier molecular flexibility index (Phi) is 6.06. The third-order valence-corrected chi connectivity index (χ3v) is 4.07. The number of thioether (sulfide) groups is 1. The van der Waals surface area contributed by atoms with E-state index >= 15 is 0 Å². The predicted molar refractivity (Wildman–Crippen MR) is 96.1 cm³/mol. The molecule has 3 N–H and O–H groups in total. The standard InChI is InChI=1S/C15H18ClN5OS/c1-3-23-15-19-13(17)12(18-2)14(20-15)21(9-22)8-10-4-6-11(16)7-5-10/h4-7,9,18H,3,8H2,1-2H3,(H2,17,19,20). The van der Waals surface area contributed by atoms with Crippen molar-refractivity contribution >= 4 is 47.1 Å². The SMILES string of the molecule is CCSc1nc(N)c(NC)c(N(C=O)Cc2ccc(Cl)cc2)n1. The number of benzene rings is 1. The van der Waals surface area contributed by atoms with Gasteiger partial charge in [-0.05, 0) is 23.4 Å². The smallest absolute Gasteiger partial charge is 0.215 e. The first-order valence-corrected chi connectivity index (χ1v) is 8.39. The molecule has 122 valence electrons. The van der Waals surface area contributed by atoms with E-state index in [4.69, 9.17) is 17.3 Å². The van der Waals surface area contributed by atoms with E-state index in [9.17, 15) is 4.79 Å². The molecule has 1 aromatic carbocycles. The number of hydrogen-bond donors (Lipinski definition) is 2. The summed E-state index contributed by atoms with van der Waals surface area (Å²) in [5.41, 5.74) is 7.45. The van der Waals surface area contributed by atoms with Gasteiger partial charge in [0.25, 0.3) is 0 Å². The zero-order chi connectivity index (χ0) is 16.8. The summed E-state index contributed by atoms with van der Waals surface area (Å²) in [4.78, 5) is 21.8. The van der Waals surface area contributed by atoms with Crippen LogP contribution in [0.3, 0.4) is 0 Å². The van der Waals surface area contributed by atoms with Crippen LogP contribution in [0.15, 0.2) is 29.4 Å². The van der Waals surface area contributed by atoms with Gasteiger partial charge in [0.15, 0.2) is 16.8 Å². The Morgan fingerprint density at radius 1 is 1.35 bits per heavy atom. The molecule has 23 heavy (non-hydrogen) atoms. The van der Waals surface area contributed by atoms with Crippen molar-refractivity contribution in [3.8, 4) is 0 Å². The molecule has 1 amide bonds. The quantitative estimate of drug-likeness (QED) is 0.453. The summed E-state index contributed by atoms with van der Waals surface area (Å²) in [6.45, 7) is 2.36. The Morgan fingerprint density at radius 3 is 2.61 bits per heavy atom. The van der Waals surface area contributed by atoms with Crippen LogP contribution in [0.2, 0.25) is 5.02 Å². The van der Waals surface area contributed by atoms with Gasteiger partial charge >= 0.3 is 0 Å². The highest BCUT2D eigenvalue weighted by Crippen LogP contribution is 2.31. The first kappa shape index (κ1) is 17.4. The Morgan fingerprint density at radius 2 is 2.04 bits per heavy atom. The van der Waals surface area contributed by atoms with Crippen LogP contribution in [-0.4, -0.2) is 29.2 Å². The van der Waals surface area contributed by atoms with Crippen molar-refractivity contribution in [3.05, 3.63) is 34.9 Å². The molecule has 0 aliphatic carbocycles. The molecule has 0 aliphatic rings. The second kappa shape index (κ2) is 8.03. The lowest BCUT2D eigenvalue weighted by molar-refractivity contribution is -0.107. The summed E-state index contributed by atoms with van der Waals surface area (Å²) in [6.07, 6.45) is 0.734. The fourth-order valence-corrected chi connectivity index (χ4v) is 2.73. The van der Waals surface area contributed by atoms with Crippen LogP contribution in [-0.2, 0) is 11.3 Å². The summed E-state index contributed by atoms with van der Waals surface area (Å²) in [6, 6.07) is 7.30. The van der Waals surface area contributed by atoms with Crippen molar-refractivity contribution in [2.24, 2.45) is 0 Å². The summed E-state index contributed by atoms with van der Waals surface area (Å²) in [7, 11) is 1.72. The molecule has 6 nitrogen and oxygen atoms in total. The molecule has 0 spiro atoms. The number of carbonyl (C=O) groups is 1. The third kappa shape index (κ3) is 4.27. The number of rotatable bonds is 7. The fourth-order valence-electron chi connectivity index (χ4n) is 2.03. The lowest BCUT2D eigenvalue weighted by Crippen LogP contribution is -2.24. The molecule has 0 saturated carbocycles. The van der Waals surface area contributed by atoms with Crippen LogP contribution < -0.4 is 16.0 Å². The van der Waals surface area contributed by atoms with Crippen molar-refractivity contribution < 1.29 is 4.79 Å². The first-order chi connectivity index (χ1) is 11.1. The lowest BCUT2D eigenvalue weighted by atomic mass is 10.2. The van der Waals surface area contributed by atoms with E-state index < -0.39 is 0 Å². The van der Waals surface area contributed by atoms with Crippen LogP contribution in [0, 0.1) is 0 Å². The van der Waals surface area contributed by atoms with Crippen molar-refractivity contribution in [1.29, 1.82) is 0 Å². The van der Waals surface area contributed by atoms with Crippen molar-refractivity contribution in [3.63, 3.8) is 0 Å². The number of carbonyl (C=O) groups excluding carboxylic acids is 1. The average molecular weight is 352 g/mol. The number of nitrogen functional groups attached to an aromatic ring is 1. The van der Waals surface area contributed by atoms with Gasteiger partial charge in [0.1, 0.15) is 5.69 Å². The molecular weight excluding hydrogens is 334 g/mol. The maximum Gasteiger partial charge on any atom is 0.215 e. The molecule has 0 bridgehead atoms. The normalized spacial score (nSPS) is 10.4. The third-order valence-electron chi connectivity index (χ3n) is 3.09. The predicted octanol–water partition coefficient (Wildman–Crippen LogP) is 3.03. The zero-order valence-electron chi connectivity index (χ0n) is 12.9. The Bertz CT molecular complexity index is 680. The van der Waals surface area contributed by atoms with Gasteiger partial charge in [-0.15, -0.1) is 0 Å². The highest BCUT2D eigenvalue weighted by Gasteiger charge is 2.18. The molecular formula is C15H18ClN5OS. The molecule has 1 aromatic heterocycles. The van der Waals surface area contributed by atoms with Crippen LogP contribution in [0.4, 0.5) is 17.3 Å². The largest absolute Gasteiger partial charge is 0.382 e. The topological polar surface area (TPSA) is 84.1 Å². The first-order valence-electron chi connectivity index (χ1n) is 7.03. The zero-order valence-corrected chi connectivity index (χ0v) is 14.5. The van der Waals surface area contributed by atoms with Crippen molar-refractivity contribution in [2.45, 2.75) is 18.6 Å². The molecule has 8 heteroatoms. The summed E-state index contributed by atoms with van der Waals surface area (Å²) in [5, 5.41) is 4.15. The molecule has 2 aromatic rings. The number of aromatic nitrogens is 2. The van der Waals surface area contributed by atoms with E-state index in [0.29, 0.717) is 34.0 Å². The highest BCUT2D eigenvalue weighted by molar-refractivity contribution is 7.99. The minimum absolute atomic E-state index is 0.316. The number of amides is 1. The summed E-state index contributed by atoms with van der Waals surface area (Å²) in [5.74, 6) is 1.59. The fraction of sp³-hybridized carbons (Fsp3) is 0.267. The van der Waals surface area contributed by atoms with E-state index in [1.807, 2.05) is 19.1 Å². The van der Waals surface area contributed by atoms with Gasteiger partial charge in [-0.2, -0.15) is 0 Å². The number of hydrogen-bond acceptors (Lipinski definition) is 6. The number of halogens is 1. The number of nitrogens with two attached hydrogens (primary N) is 1. The maximum atomic E-state index is 11.6. The van der Waals surface area contributed by atoms with E-state index in [0.717, 1.165) is 17.7 Å². The average Bonchev–Trinajstić information content (AvgIpc) is 2.54. The minimum Gasteiger partial charge on any atom is -0.382 e. The van der Waals surface area contributed by atoms with Crippen LogP contribution in [0.5, 0.6) is 0 Å². The van der Waals surface area contributed by atoms with E-state index in [1.165, 1.54) is 16.7 Å². The second-order valence-electron chi connectivity index (χ2n) is 4.63. The van der Waals surface area contributed by atoms with Crippen LogP contribution in [0.1, 0.15) is 12.5 Å². The minimum atomic E-state index is 0.316. The Balaban J connectivity index is 2.38. The van der Waals surface area contributed by atoms with Gasteiger partial charge in [-0.3, -0.25) is 9.69 Å².